The van der Waals surface area contributed by atoms with Crippen molar-refractivity contribution in [2.75, 3.05) is 11.4 Å². The van der Waals surface area contributed by atoms with Gasteiger partial charge in [-0.1, -0.05) is 74.5 Å². The lowest BCUT2D eigenvalue weighted by atomic mass is 9.84. The Balaban J connectivity index is 1.74. The van der Waals surface area contributed by atoms with Crippen molar-refractivity contribution < 1.29 is 9.90 Å². The lowest BCUT2D eigenvalue weighted by molar-refractivity contribution is -0.106. The van der Waals surface area contributed by atoms with Crippen LogP contribution in [0.4, 0.5) is 11.4 Å². The highest BCUT2D eigenvalue weighted by Crippen LogP contribution is 2.42. The summed E-state index contributed by atoms with van der Waals surface area (Å²) < 4.78 is 0. The van der Waals surface area contributed by atoms with Crippen molar-refractivity contribution in [3.63, 3.8) is 0 Å². The van der Waals surface area contributed by atoms with E-state index in [0.717, 1.165) is 41.9 Å². The highest BCUT2D eigenvalue weighted by atomic mass is 35.5. The zero-order valence-electron chi connectivity index (χ0n) is 19.7. The Morgan fingerprint density at radius 2 is 1.88 bits per heavy atom. The number of rotatable bonds is 8. The fraction of sp³-hybridized carbons (Fsp3) is 0.276. The van der Waals surface area contributed by atoms with Crippen LogP contribution in [0, 0.1) is 5.92 Å². The number of aliphatic hydroxyl groups is 1. The van der Waals surface area contributed by atoms with Gasteiger partial charge in [0.25, 0.3) is 0 Å². The molecule has 2 atom stereocenters. The molecule has 3 aromatic rings. The molecule has 1 aliphatic heterocycles. The van der Waals surface area contributed by atoms with Crippen LogP contribution < -0.4 is 4.90 Å². The molecule has 0 aromatic heterocycles. The molecule has 2 unspecified atom stereocenters. The van der Waals surface area contributed by atoms with E-state index >= 15 is 0 Å². The molecule has 1 fully saturated rings. The van der Waals surface area contributed by atoms with Gasteiger partial charge in [0.05, 0.1) is 12.3 Å². The molecule has 0 aliphatic carbocycles. The number of anilines is 2. The van der Waals surface area contributed by atoms with Crippen LogP contribution in [-0.2, 0) is 11.4 Å². The first-order valence-corrected chi connectivity index (χ1v) is 12.1. The lowest BCUT2D eigenvalue weighted by Crippen LogP contribution is -2.33. The first-order chi connectivity index (χ1) is 16.5. The molecule has 4 rings (SSSR count). The molecule has 34 heavy (non-hydrogen) atoms. The molecule has 176 valence electrons. The molecule has 0 radical (unpaired) electrons. The van der Waals surface area contributed by atoms with Crippen LogP contribution in [0.1, 0.15) is 37.3 Å². The Morgan fingerprint density at radius 3 is 2.56 bits per heavy atom. The molecule has 0 spiro atoms. The van der Waals surface area contributed by atoms with Gasteiger partial charge in [0, 0.05) is 29.2 Å². The van der Waals surface area contributed by atoms with Crippen molar-refractivity contribution in [2.24, 2.45) is 5.92 Å². The number of nitrogens with zero attached hydrogens (tertiary/aromatic N) is 2. The van der Waals surface area contributed by atoms with Gasteiger partial charge in [-0.15, -0.1) is 0 Å². The highest BCUT2D eigenvalue weighted by Gasteiger charge is 2.37. The normalized spacial score (nSPS) is 17.7. The number of benzene rings is 3. The third kappa shape index (κ3) is 4.61. The van der Waals surface area contributed by atoms with Gasteiger partial charge < -0.3 is 10.0 Å². The van der Waals surface area contributed by atoms with Gasteiger partial charge in [-0.2, -0.15) is 0 Å². The van der Waals surface area contributed by atoms with Crippen molar-refractivity contribution in [1.29, 1.82) is 0 Å². The smallest absolute Gasteiger partial charge is 0.218 e. The predicted molar refractivity (Wildman–Crippen MR) is 140 cm³/mol. The third-order valence-electron chi connectivity index (χ3n) is 6.79. The average molecular weight is 475 g/mol. The third-order valence-corrected chi connectivity index (χ3v) is 7.15. The Bertz CT molecular complexity index is 1180. The van der Waals surface area contributed by atoms with Crippen LogP contribution in [0.25, 0.3) is 11.1 Å². The van der Waals surface area contributed by atoms with Crippen molar-refractivity contribution in [3.8, 4) is 11.1 Å². The monoisotopic (exact) mass is 474 g/mol. The molecule has 1 aliphatic rings. The van der Waals surface area contributed by atoms with Crippen molar-refractivity contribution in [2.45, 2.75) is 38.8 Å². The molecule has 1 saturated heterocycles. The Kier molecular flexibility index (Phi) is 7.40. The highest BCUT2D eigenvalue weighted by molar-refractivity contribution is 6.31. The molecule has 0 saturated carbocycles. The van der Waals surface area contributed by atoms with Gasteiger partial charge in [0.1, 0.15) is 0 Å². The van der Waals surface area contributed by atoms with Gasteiger partial charge >= 0.3 is 0 Å². The summed E-state index contributed by atoms with van der Waals surface area (Å²) in [5.74, 6) is 0.767. The average Bonchev–Trinajstić information content (AvgIpc) is 3.29. The van der Waals surface area contributed by atoms with Crippen molar-refractivity contribution >= 4 is 29.4 Å². The number of amides is 1. The number of halogens is 1. The van der Waals surface area contributed by atoms with E-state index in [1.54, 1.807) is 4.90 Å². The van der Waals surface area contributed by atoms with Crippen LogP contribution in [0.2, 0.25) is 5.02 Å². The molecule has 1 heterocycles. The largest absolute Gasteiger partial charge is 0.392 e. The minimum Gasteiger partial charge on any atom is -0.392 e. The molecule has 3 aromatic carbocycles. The molecule has 4 nitrogen and oxygen atoms in total. The molecular formula is C29H31ClN2O2. The van der Waals surface area contributed by atoms with E-state index in [4.69, 9.17) is 11.6 Å². The first kappa shape index (κ1) is 24.1. The molecule has 1 N–H and O–H groups in total. The summed E-state index contributed by atoms with van der Waals surface area (Å²) in [7, 11) is 0. The SMILES string of the molecule is C=CN1CCC(c2ccccc2N(C=O)c2cccc(-c3ccc(CO)c(Cl)c3)c2)C1C(C)C. The van der Waals surface area contributed by atoms with E-state index in [1.165, 1.54) is 5.56 Å². The zero-order valence-corrected chi connectivity index (χ0v) is 20.4. The number of aliphatic hydroxyl groups excluding tert-OH is 1. The number of carbonyl (C=O) groups is 1. The standard InChI is InChI=1S/C29H31ClN2O2/c1-4-31-15-14-26(29(31)20(2)3)25-10-5-6-11-28(25)32(19-34)24-9-7-8-21(16-24)22-12-13-23(18-33)27(30)17-22/h4-13,16-17,19-20,26,29,33H,1,14-15,18H2,2-3H3. The lowest BCUT2D eigenvalue weighted by Gasteiger charge is -2.32. The minimum absolute atomic E-state index is 0.101. The fourth-order valence-corrected chi connectivity index (χ4v) is 5.45. The second kappa shape index (κ2) is 10.5. The molecule has 1 amide bonds. The van der Waals surface area contributed by atoms with Crippen LogP contribution >= 0.6 is 11.6 Å². The Hall–Kier alpha value is -3.08. The Labute approximate surface area is 207 Å². The van der Waals surface area contributed by atoms with Crippen LogP contribution in [0.3, 0.4) is 0 Å². The second-order valence-electron chi connectivity index (χ2n) is 9.10. The summed E-state index contributed by atoms with van der Waals surface area (Å²) in [6.45, 7) is 9.37. The van der Waals surface area contributed by atoms with E-state index in [1.807, 2.05) is 60.8 Å². The van der Waals surface area contributed by atoms with Gasteiger partial charge in [-0.05, 0) is 65.1 Å². The van der Waals surface area contributed by atoms with Gasteiger partial charge in [-0.25, -0.2) is 0 Å². The summed E-state index contributed by atoms with van der Waals surface area (Å²) in [4.78, 5) is 16.5. The van der Waals surface area contributed by atoms with E-state index in [0.29, 0.717) is 28.5 Å². The quantitative estimate of drug-likeness (QED) is 0.367. The van der Waals surface area contributed by atoms with Crippen LogP contribution in [-0.4, -0.2) is 29.0 Å². The minimum atomic E-state index is -0.101. The maximum Gasteiger partial charge on any atom is 0.218 e. The summed E-state index contributed by atoms with van der Waals surface area (Å²) in [6.07, 6.45) is 3.86. The second-order valence-corrected chi connectivity index (χ2v) is 9.51. The van der Waals surface area contributed by atoms with E-state index < -0.39 is 0 Å². The molecular weight excluding hydrogens is 444 g/mol. The maximum absolute atomic E-state index is 12.4. The van der Waals surface area contributed by atoms with E-state index in [-0.39, 0.29) is 6.61 Å². The summed E-state index contributed by atoms with van der Waals surface area (Å²) in [6, 6.07) is 22.1. The van der Waals surface area contributed by atoms with Crippen LogP contribution in [0.15, 0.2) is 79.5 Å². The topological polar surface area (TPSA) is 43.8 Å². The molecule has 0 bridgehead atoms. The van der Waals surface area contributed by atoms with Crippen LogP contribution in [0.5, 0.6) is 0 Å². The Morgan fingerprint density at radius 1 is 1.12 bits per heavy atom. The number of hydrogen-bond acceptors (Lipinski definition) is 3. The first-order valence-electron chi connectivity index (χ1n) is 11.7. The summed E-state index contributed by atoms with van der Waals surface area (Å²) >= 11 is 6.32. The van der Waals surface area contributed by atoms with E-state index in [2.05, 4.69) is 37.5 Å². The number of hydrogen-bond donors (Lipinski definition) is 1. The van der Waals surface area contributed by atoms with E-state index in [9.17, 15) is 9.90 Å². The van der Waals surface area contributed by atoms with Gasteiger partial charge in [-0.3, -0.25) is 9.69 Å². The maximum atomic E-state index is 12.4. The summed E-state index contributed by atoms with van der Waals surface area (Å²) in [5, 5.41) is 9.94. The number of likely N-dealkylation sites (tertiary alicyclic amines) is 1. The van der Waals surface area contributed by atoms with Crippen molar-refractivity contribution in [3.05, 3.63) is 95.7 Å². The van der Waals surface area contributed by atoms with Gasteiger partial charge in [0.2, 0.25) is 6.41 Å². The fourth-order valence-electron chi connectivity index (χ4n) is 5.21. The van der Waals surface area contributed by atoms with Crippen molar-refractivity contribution in [1.82, 2.24) is 4.90 Å². The number of para-hydroxylation sites is 1. The zero-order chi connectivity index (χ0) is 24.2. The number of carbonyl (C=O) groups excluding carboxylic acids is 1. The molecule has 5 heteroatoms. The predicted octanol–water partition coefficient (Wildman–Crippen LogP) is 6.75. The summed E-state index contributed by atoms with van der Waals surface area (Å²) in [5.41, 5.74) is 5.45. The van der Waals surface area contributed by atoms with Gasteiger partial charge in [0.15, 0.2) is 0 Å².